The first-order valence-corrected chi connectivity index (χ1v) is 11.9. The lowest BCUT2D eigenvalue weighted by Gasteiger charge is -1.98. The molecule has 1 aliphatic carbocycles. The zero-order valence-corrected chi connectivity index (χ0v) is 20.1. The summed E-state index contributed by atoms with van der Waals surface area (Å²) in [6.45, 7) is 2.16. The van der Waals surface area contributed by atoms with Gasteiger partial charge in [-0.3, -0.25) is 0 Å². The van der Waals surface area contributed by atoms with Crippen molar-refractivity contribution in [2.24, 2.45) is 0 Å². The Bertz CT molecular complexity index is 1170. The number of phenols is 2. The maximum absolute atomic E-state index is 8.63. The van der Waals surface area contributed by atoms with Crippen molar-refractivity contribution in [3.63, 3.8) is 0 Å². The number of para-hydroxylation sites is 2. The summed E-state index contributed by atoms with van der Waals surface area (Å²) in [7, 11) is 0. The highest BCUT2D eigenvalue weighted by Crippen LogP contribution is 2.35. The van der Waals surface area contributed by atoms with Gasteiger partial charge in [-0.2, -0.15) is 0 Å². The molecular weight excluding hydrogens is 428 g/mol. The highest BCUT2D eigenvalue weighted by molar-refractivity contribution is 5.76. The minimum Gasteiger partial charge on any atom is -0.508 e. The summed E-state index contributed by atoms with van der Waals surface area (Å²) in [5, 5.41) is 17.3. The van der Waals surface area contributed by atoms with Crippen molar-refractivity contribution < 1.29 is 10.2 Å². The molecule has 2 N–H and O–H groups in total. The fourth-order valence-electron chi connectivity index (χ4n) is 3.65. The molecule has 35 heavy (non-hydrogen) atoms. The van der Waals surface area contributed by atoms with E-state index in [1.54, 1.807) is 48.5 Å². The van der Waals surface area contributed by atoms with Crippen LogP contribution in [-0.2, 0) is 12.8 Å². The van der Waals surface area contributed by atoms with E-state index < -0.39 is 0 Å². The molecule has 0 saturated heterocycles. The molecule has 0 aromatic heterocycles. The van der Waals surface area contributed by atoms with Crippen molar-refractivity contribution >= 4 is 0 Å². The Hall–Kier alpha value is -4.30. The van der Waals surface area contributed by atoms with Gasteiger partial charge in [0.1, 0.15) is 11.5 Å². The minimum absolute atomic E-state index is 0.322. The van der Waals surface area contributed by atoms with Crippen molar-refractivity contribution in [2.45, 2.75) is 19.8 Å². The second-order valence-electron chi connectivity index (χ2n) is 8.00. The highest BCUT2D eigenvalue weighted by atomic mass is 16.3. The number of hydrogen-bond donors (Lipinski definition) is 2. The molecule has 0 aliphatic heterocycles. The zero-order valence-electron chi connectivity index (χ0n) is 20.1. The Morgan fingerprint density at radius 2 is 0.800 bits per heavy atom. The fraction of sp³-hybridized carbons (Fsp3) is 0.0909. The highest BCUT2D eigenvalue weighted by Gasteiger charge is 2.15. The Morgan fingerprint density at radius 1 is 0.457 bits per heavy atom. The maximum Gasteiger partial charge on any atom is 0.115 e. The lowest BCUT2D eigenvalue weighted by atomic mass is 10.1. The molecule has 5 aromatic rings. The van der Waals surface area contributed by atoms with Gasteiger partial charge < -0.3 is 10.2 Å². The first kappa shape index (κ1) is 25.3. The van der Waals surface area contributed by atoms with Crippen molar-refractivity contribution in [3.05, 3.63) is 156 Å². The van der Waals surface area contributed by atoms with E-state index in [1.807, 2.05) is 18.2 Å². The van der Waals surface area contributed by atoms with E-state index in [2.05, 4.69) is 79.7 Å². The molecular formula is C33H32O2. The van der Waals surface area contributed by atoms with Crippen LogP contribution < -0.4 is 0 Å². The van der Waals surface area contributed by atoms with E-state index in [4.69, 9.17) is 10.2 Å². The van der Waals surface area contributed by atoms with Gasteiger partial charge in [-0.15, -0.1) is 0 Å². The average molecular weight is 461 g/mol. The van der Waals surface area contributed by atoms with Gasteiger partial charge in [0.05, 0.1) is 0 Å². The van der Waals surface area contributed by atoms with Gasteiger partial charge in [-0.1, -0.05) is 122 Å². The number of fused-ring (bicyclic) bond motifs is 3. The van der Waals surface area contributed by atoms with Crippen molar-refractivity contribution in [1.29, 1.82) is 0 Å². The summed E-state index contributed by atoms with van der Waals surface area (Å²) in [6.07, 6.45) is 2.24. The number of aryl methyl sites for hydroxylation is 1. The largest absolute Gasteiger partial charge is 0.508 e. The van der Waals surface area contributed by atoms with Gasteiger partial charge in [-0.25, -0.2) is 0 Å². The van der Waals surface area contributed by atoms with E-state index in [0.29, 0.717) is 11.5 Å². The molecule has 176 valence electrons. The number of rotatable bonds is 1. The molecule has 0 atom stereocenters. The van der Waals surface area contributed by atoms with Crippen LogP contribution in [0, 0.1) is 0 Å². The zero-order chi connectivity index (χ0) is 24.7. The lowest BCUT2D eigenvalue weighted by Crippen LogP contribution is -1.77. The molecule has 2 heteroatoms. The number of benzene rings is 5. The first-order valence-electron chi connectivity index (χ1n) is 11.9. The summed E-state index contributed by atoms with van der Waals surface area (Å²) in [5.41, 5.74) is 7.16. The Labute approximate surface area is 208 Å². The Balaban J connectivity index is 0.000000137. The van der Waals surface area contributed by atoms with Gasteiger partial charge in [0.15, 0.2) is 0 Å². The molecule has 0 unspecified atom stereocenters. The van der Waals surface area contributed by atoms with Crippen LogP contribution >= 0.6 is 0 Å². The van der Waals surface area contributed by atoms with Gasteiger partial charge >= 0.3 is 0 Å². The monoisotopic (exact) mass is 460 g/mol. The SMILES string of the molecule is CCc1ccccc1.Oc1ccccc1.Oc1ccccc1.c1ccc2c(c1)Cc1ccccc1-2. The van der Waals surface area contributed by atoms with Crippen molar-refractivity contribution in [3.8, 4) is 22.6 Å². The third-order valence-electron chi connectivity index (χ3n) is 5.47. The molecule has 0 amide bonds. The van der Waals surface area contributed by atoms with Crippen LogP contribution in [0.2, 0.25) is 0 Å². The van der Waals surface area contributed by atoms with Crippen LogP contribution in [0.1, 0.15) is 23.6 Å². The number of hydrogen-bond acceptors (Lipinski definition) is 2. The van der Waals surface area contributed by atoms with Crippen LogP contribution in [0.3, 0.4) is 0 Å². The summed E-state index contributed by atoms with van der Waals surface area (Å²) >= 11 is 0. The van der Waals surface area contributed by atoms with E-state index in [9.17, 15) is 0 Å². The van der Waals surface area contributed by atoms with Crippen LogP contribution in [-0.4, -0.2) is 10.2 Å². The Morgan fingerprint density at radius 3 is 1.11 bits per heavy atom. The molecule has 0 saturated carbocycles. The summed E-state index contributed by atoms with van der Waals surface area (Å²) in [4.78, 5) is 0. The second kappa shape index (κ2) is 14.1. The van der Waals surface area contributed by atoms with Crippen LogP contribution in [0.25, 0.3) is 11.1 Å². The predicted molar refractivity (Wildman–Crippen MR) is 147 cm³/mol. The standard InChI is InChI=1S/C13H10.C8H10.2C6H6O/c1-3-7-12-10(5-1)9-11-6-2-4-8-13(11)12;1-2-8-6-4-3-5-7-8;2*7-6-4-2-1-3-5-6/h1-8H,9H2;3-7H,2H2,1H3;2*1-5,7H. The molecule has 0 radical (unpaired) electrons. The third kappa shape index (κ3) is 8.53. The topological polar surface area (TPSA) is 40.5 Å². The quantitative estimate of drug-likeness (QED) is 0.259. The van der Waals surface area contributed by atoms with Crippen molar-refractivity contribution in [2.75, 3.05) is 0 Å². The third-order valence-corrected chi connectivity index (χ3v) is 5.47. The molecule has 0 bridgehead atoms. The summed E-state index contributed by atoms with van der Waals surface area (Å²) in [5.74, 6) is 0.644. The lowest BCUT2D eigenvalue weighted by molar-refractivity contribution is 0.475. The molecule has 0 spiro atoms. The van der Waals surface area contributed by atoms with E-state index >= 15 is 0 Å². The van der Waals surface area contributed by atoms with Crippen LogP contribution in [0.15, 0.2) is 140 Å². The van der Waals surface area contributed by atoms with Crippen LogP contribution in [0.4, 0.5) is 0 Å². The number of aromatic hydroxyl groups is 2. The minimum atomic E-state index is 0.322. The molecule has 1 aliphatic rings. The fourth-order valence-corrected chi connectivity index (χ4v) is 3.65. The molecule has 6 rings (SSSR count). The van der Waals surface area contributed by atoms with Gasteiger partial charge in [0, 0.05) is 0 Å². The number of phenolic OH excluding ortho intramolecular Hbond substituents is 2. The van der Waals surface area contributed by atoms with Gasteiger partial charge in [0.2, 0.25) is 0 Å². The molecule has 5 aromatic carbocycles. The molecule has 0 fully saturated rings. The first-order chi connectivity index (χ1) is 17.2. The Kier molecular flexibility index (Phi) is 10.2. The summed E-state index contributed by atoms with van der Waals surface area (Å²) in [6, 6.07) is 45.2. The maximum atomic E-state index is 8.63. The van der Waals surface area contributed by atoms with Crippen molar-refractivity contribution in [1.82, 2.24) is 0 Å². The smallest absolute Gasteiger partial charge is 0.115 e. The predicted octanol–water partition coefficient (Wildman–Crippen LogP) is 8.29. The van der Waals surface area contributed by atoms with E-state index in [0.717, 1.165) is 12.8 Å². The van der Waals surface area contributed by atoms with Crippen LogP contribution in [0.5, 0.6) is 11.5 Å². The second-order valence-corrected chi connectivity index (χ2v) is 8.00. The van der Waals surface area contributed by atoms with E-state index in [1.165, 1.54) is 27.8 Å². The summed E-state index contributed by atoms with van der Waals surface area (Å²) < 4.78 is 0. The van der Waals surface area contributed by atoms with Gasteiger partial charge in [-0.05, 0) is 64.9 Å². The normalized spacial score (nSPS) is 10.1. The van der Waals surface area contributed by atoms with E-state index in [-0.39, 0.29) is 0 Å². The molecule has 0 heterocycles. The average Bonchev–Trinajstić information content (AvgIpc) is 3.30. The van der Waals surface area contributed by atoms with Gasteiger partial charge in [0.25, 0.3) is 0 Å². The molecule has 2 nitrogen and oxygen atoms in total.